The van der Waals surface area contributed by atoms with Crippen LogP contribution in [0, 0.1) is 134 Å². The predicted octanol–water partition coefficient (Wildman–Crippen LogP) is 16.7. The number of H-pyrrole nitrogens is 2. The lowest BCUT2D eigenvalue weighted by atomic mass is 9.44. The first-order chi connectivity index (χ1) is 49.2. The molecule has 0 spiro atoms. The van der Waals surface area contributed by atoms with E-state index in [2.05, 4.69) is 154 Å². The van der Waals surface area contributed by atoms with Gasteiger partial charge in [0.1, 0.15) is 0 Å². The molecule has 0 amide bonds. The van der Waals surface area contributed by atoms with Gasteiger partial charge in [0.25, 0.3) is 0 Å². The third-order valence-corrected chi connectivity index (χ3v) is 25.4. The van der Waals surface area contributed by atoms with Gasteiger partial charge in [-0.2, -0.15) is 42.1 Å². The van der Waals surface area contributed by atoms with E-state index >= 15 is 0 Å². The second kappa shape index (κ2) is 27.3. The molecule has 0 aromatic carbocycles. The van der Waals surface area contributed by atoms with Crippen molar-refractivity contribution >= 4 is 58.0 Å². The van der Waals surface area contributed by atoms with Crippen molar-refractivity contribution in [3.63, 3.8) is 0 Å². The Kier molecular flexibility index (Phi) is 19.5. The minimum Gasteiger partial charge on any atom is -0.358 e. The molecule has 18 nitrogen and oxygen atoms in total. The van der Waals surface area contributed by atoms with Gasteiger partial charge < -0.3 is 9.97 Å². The minimum atomic E-state index is -2.04. The maximum absolute atomic E-state index is 14.4. The van der Waals surface area contributed by atoms with Crippen LogP contribution in [0.3, 0.4) is 0 Å². The molecular formula is C84H92N16O2. The summed E-state index contributed by atoms with van der Waals surface area (Å²) in [6.45, 7) is 29.0. The van der Waals surface area contributed by atoms with Crippen LogP contribution in [0.1, 0.15) is 232 Å². The van der Waals surface area contributed by atoms with E-state index in [1.165, 1.54) is 5.57 Å². The number of rotatable bonds is 14. The molecule has 4 unspecified atom stereocenters. The lowest BCUT2D eigenvalue weighted by molar-refractivity contribution is -0.120. The van der Waals surface area contributed by atoms with E-state index in [0.717, 1.165) is 135 Å². The molecule has 8 aliphatic heterocycles. The Morgan fingerprint density at radius 3 is 1.26 bits per heavy atom. The number of allylic oxidation sites excluding steroid dienone is 8. The van der Waals surface area contributed by atoms with Gasteiger partial charge in [-0.1, -0.05) is 109 Å². The number of nitrogens with zero attached hydrogens (tertiary/aromatic N) is 14. The minimum absolute atomic E-state index is 0.0561. The molecule has 10 heterocycles. The van der Waals surface area contributed by atoms with Crippen LogP contribution in [-0.2, 0) is 48.1 Å². The lowest BCUT2D eigenvalue weighted by Crippen LogP contribution is -2.57. The van der Waals surface area contributed by atoms with Crippen LogP contribution in [0.5, 0.6) is 0 Å². The van der Waals surface area contributed by atoms with Crippen molar-refractivity contribution in [1.29, 1.82) is 42.1 Å². The van der Waals surface area contributed by atoms with Crippen LogP contribution < -0.4 is 0 Å². The first-order valence-corrected chi connectivity index (χ1v) is 37.2. The number of hydrogen-bond donors (Lipinski definition) is 2. The zero-order chi connectivity index (χ0) is 73.9. The number of Topliss-reactive ketones (excluding diaryl/α,β-unsaturated/α-hetero) is 2. The summed E-state index contributed by atoms with van der Waals surface area (Å²) in [5.41, 5.74) is 8.86. The van der Waals surface area contributed by atoms with Crippen LogP contribution in [0.4, 0.5) is 0 Å². The van der Waals surface area contributed by atoms with Gasteiger partial charge >= 0.3 is 0 Å². The zero-order valence-corrected chi connectivity index (χ0v) is 61.8. The maximum atomic E-state index is 14.4. The van der Waals surface area contributed by atoms with E-state index < -0.39 is 43.3 Å². The van der Waals surface area contributed by atoms with E-state index in [9.17, 15) is 51.7 Å². The van der Waals surface area contributed by atoms with Crippen molar-refractivity contribution in [2.45, 2.75) is 237 Å². The average molecular weight is 1360 g/mol. The fourth-order valence-electron chi connectivity index (χ4n) is 19.9. The Morgan fingerprint density at radius 1 is 0.412 bits per heavy atom. The molecule has 18 heteroatoms. The summed E-state index contributed by atoms with van der Waals surface area (Å²) in [6, 6.07) is 17.0. The molecule has 520 valence electrons. The number of fused-ring (bicyclic) bond motifs is 16. The molecule has 4 atom stereocenters. The quantitative estimate of drug-likeness (QED) is 0.180. The number of aliphatic imine (C=N–C) groups is 6. The van der Waals surface area contributed by atoms with Crippen LogP contribution in [0.15, 0.2) is 110 Å². The number of aromatic amines is 2. The largest absolute Gasteiger partial charge is 0.358 e. The zero-order valence-electron chi connectivity index (χ0n) is 61.8. The van der Waals surface area contributed by atoms with Gasteiger partial charge in [-0.3, -0.25) is 39.5 Å². The SMILES string of the molecule is CCC1=C(CC)C2C=C3N=C(Cc4[nH]c(c(CC)c4CC)C=C4N=C(CC1=N2)C(=O)C4(CC)CC)C1(CC)C3=CCC(C#N)(C#N)C1(C#N)C#N.CCC1=C(CC)C2C=C3N=C(Cc4[nH]c(c(CC)c4CC)C=C4N=C(CC1=N2)C1=CCC(C#N)(C#N)C(C#N)(C#N)C41CC)C(=O)C3(CC)CC. The number of nitrogens with one attached hydrogen (secondary N) is 2. The van der Waals surface area contributed by atoms with Crippen molar-refractivity contribution in [2.24, 2.45) is 73.3 Å². The monoisotopic (exact) mass is 1360 g/mol. The van der Waals surface area contributed by atoms with E-state index in [1.807, 2.05) is 38.2 Å². The van der Waals surface area contributed by atoms with Gasteiger partial charge in [0.05, 0.1) is 122 Å². The molecule has 2 aromatic rings. The number of carbonyl (C=O) groups is 2. The highest BCUT2D eigenvalue weighted by atomic mass is 16.1. The summed E-state index contributed by atoms with van der Waals surface area (Å²) in [6.07, 6.45) is 22.2. The third-order valence-electron chi connectivity index (χ3n) is 25.4. The molecule has 2 aromatic heterocycles. The van der Waals surface area contributed by atoms with Crippen molar-refractivity contribution in [3.05, 3.63) is 126 Å². The predicted molar refractivity (Wildman–Crippen MR) is 397 cm³/mol. The number of carbonyl (C=O) groups excluding carboxylic acids is 2. The van der Waals surface area contributed by atoms with Gasteiger partial charge in [0, 0.05) is 78.4 Å². The second-order valence-electron chi connectivity index (χ2n) is 28.5. The highest BCUT2D eigenvalue weighted by Crippen LogP contribution is 2.69. The summed E-state index contributed by atoms with van der Waals surface area (Å²) >= 11 is 0. The Labute approximate surface area is 601 Å². The standard InChI is InChI=1S/2C42H46N8O/c1-8-25-27(10-3)32-19-36-40(12-5,13-6)38(51)35(50-36)18-31-26(9-2)28(11-4)33(48-31)20-37-42(14-7)29(34(49-37)17-30(25)47-32)15-16-39(21-43,22-44)41(42,23-45)24-46;1-8-25-26(9-2)31-18-35-38(51)40(12-5,13-6)36(50-35)19-32-27(10-3)28(11-4)33(48-32)20-37-42(14-7)29(34(49-37)17-30(25)47-31)15-16-39(21-43,22-44)41(42,23-45)24-46/h15,19-20,32,48H,8-14,16-18H2,1-7H3;15,17,19,30,48H,8-14,16,18,20H2,1-7H3. The molecule has 10 aliphatic rings. The molecule has 12 rings (SSSR count). The number of aromatic nitrogens is 2. The molecule has 102 heavy (non-hydrogen) atoms. The first kappa shape index (κ1) is 73.0. The van der Waals surface area contributed by atoms with E-state index in [-0.39, 0.29) is 49.3 Å². The second-order valence-corrected chi connectivity index (χ2v) is 28.5. The van der Waals surface area contributed by atoms with Crippen molar-refractivity contribution in [3.8, 4) is 48.6 Å². The lowest BCUT2D eigenvalue weighted by Gasteiger charge is -2.49. The molecular weight excluding hydrogens is 1270 g/mol. The van der Waals surface area contributed by atoms with Gasteiger partial charge in [-0.05, 0) is 170 Å². The normalized spacial score (nSPS) is 25.2. The Hall–Kier alpha value is -10.2. The summed E-state index contributed by atoms with van der Waals surface area (Å²) in [4.78, 5) is 67.5. The highest BCUT2D eigenvalue weighted by Gasteiger charge is 2.74. The molecule has 16 bridgehead atoms. The fraction of sp³-hybridized carbons (Fsp3) is 0.524. The van der Waals surface area contributed by atoms with E-state index in [0.29, 0.717) is 97.6 Å². The number of ketones is 2. The summed E-state index contributed by atoms with van der Waals surface area (Å²) < 4.78 is 0. The molecule has 2 aliphatic carbocycles. The maximum Gasteiger partial charge on any atom is 0.190 e. The summed E-state index contributed by atoms with van der Waals surface area (Å²) in [7, 11) is 0. The molecule has 0 saturated carbocycles. The summed E-state index contributed by atoms with van der Waals surface area (Å²) in [5, 5.41) is 86.3. The van der Waals surface area contributed by atoms with Crippen molar-refractivity contribution < 1.29 is 9.59 Å². The molecule has 2 N–H and O–H groups in total. The van der Waals surface area contributed by atoms with Gasteiger partial charge in [0.15, 0.2) is 33.2 Å². The van der Waals surface area contributed by atoms with Gasteiger partial charge in [-0.25, -0.2) is 0 Å². The average Bonchev–Trinajstić information content (AvgIpc) is 1.33. The van der Waals surface area contributed by atoms with Crippen LogP contribution in [0.2, 0.25) is 0 Å². The highest BCUT2D eigenvalue weighted by molar-refractivity contribution is 6.48. The van der Waals surface area contributed by atoms with E-state index in [1.54, 1.807) is 0 Å². The van der Waals surface area contributed by atoms with Gasteiger partial charge in [0.2, 0.25) is 0 Å². The van der Waals surface area contributed by atoms with Crippen LogP contribution >= 0.6 is 0 Å². The smallest absolute Gasteiger partial charge is 0.190 e. The summed E-state index contributed by atoms with van der Waals surface area (Å²) in [5.74, 6) is 0.149. The molecule has 0 saturated heterocycles. The molecule has 0 radical (unpaired) electrons. The first-order valence-electron chi connectivity index (χ1n) is 37.2. The Balaban J connectivity index is 0.000000205. The number of nitriles is 8. The van der Waals surface area contributed by atoms with Crippen molar-refractivity contribution in [1.82, 2.24) is 9.97 Å². The molecule has 0 fully saturated rings. The number of hydrogen-bond acceptors (Lipinski definition) is 16. The van der Waals surface area contributed by atoms with Crippen LogP contribution in [0.25, 0.3) is 12.2 Å². The Bertz CT molecular complexity index is 4780. The fourth-order valence-corrected chi connectivity index (χ4v) is 19.9. The third kappa shape index (κ3) is 9.58. The van der Waals surface area contributed by atoms with Gasteiger partial charge in [-0.15, -0.1) is 0 Å². The Morgan fingerprint density at radius 2 is 0.824 bits per heavy atom. The van der Waals surface area contributed by atoms with Crippen molar-refractivity contribution in [2.75, 3.05) is 0 Å². The van der Waals surface area contributed by atoms with E-state index in [4.69, 9.17) is 30.0 Å². The van der Waals surface area contributed by atoms with Crippen LogP contribution in [-0.4, -0.2) is 67.9 Å². The topological polar surface area (TPSA) is 330 Å².